The number of nitrogens with one attached hydrogen (secondary N) is 1. The predicted octanol–water partition coefficient (Wildman–Crippen LogP) is 6.83. The summed E-state index contributed by atoms with van der Waals surface area (Å²) < 4.78 is 42.6. The molecule has 0 radical (unpaired) electrons. The largest absolute Gasteiger partial charge is 0.573 e. The fraction of sp³-hybridized carbons (Fsp3) is 0.312. The number of aliphatic hydroxyl groups is 1. The average molecular weight is 639 g/mol. The lowest BCUT2D eigenvalue weighted by molar-refractivity contribution is -0.274. The summed E-state index contributed by atoms with van der Waals surface area (Å²) in [4.78, 5) is 23.2. The highest BCUT2D eigenvalue weighted by Gasteiger charge is 2.32. The molecular formula is C32H33F3N6O3S. The van der Waals surface area contributed by atoms with Gasteiger partial charge in [0.2, 0.25) is 0 Å². The van der Waals surface area contributed by atoms with Gasteiger partial charge in [-0.3, -0.25) is 4.90 Å². The number of thioether (sulfide) groups is 1. The number of amides is 2. The van der Waals surface area contributed by atoms with Crippen molar-refractivity contribution in [2.75, 3.05) is 17.2 Å². The van der Waals surface area contributed by atoms with Gasteiger partial charge in [0, 0.05) is 23.5 Å². The standard InChI is InChI=1S/C32H33F3N6O3S/c1-4-5-23-7-6-20(2)16-27(23)41-28(42)18-45-31(41)38-30(43)36-17-21(3)22-8-10-24(11-9-22)29-37-19-40(39-29)25-12-14-26(15-13-25)44-32(33,34)35/h6-16,19,21,28,42H,4-5,17-18H2,1-3H3,(H,36,43). The van der Waals surface area contributed by atoms with Crippen LogP contribution in [0.5, 0.6) is 5.75 Å². The molecule has 1 aliphatic rings. The number of anilines is 1. The second-order valence-corrected chi connectivity index (χ2v) is 11.7. The van der Waals surface area contributed by atoms with E-state index in [-0.39, 0.29) is 11.7 Å². The van der Waals surface area contributed by atoms with Gasteiger partial charge in [0.15, 0.2) is 11.0 Å². The summed E-state index contributed by atoms with van der Waals surface area (Å²) in [5.41, 5.74) is 5.32. The van der Waals surface area contributed by atoms with Crippen molar-refractivity contribution in [3.05, 3.63) is 89.7 Å². The van der Waals surface area contributed by atoms with Crippen molar-refractivity contribution in [3.63, 3.8) is 0 Å². The van der Waals surface area contributed by atoms with E-state index < -0.39 is 18.6 Å². The molecule has 13 heteroatoms. The molecule has 0 aliphatic carbocycles. The van der Waals surface area contributed by atoms with E-state index >= 15 is 0 Å². The third kappa shape index (κ3) is 8.03. The molecule has 9 nitrogen and oxygen atoms in total. The number of rotatable bonds is 9. The first-order chi connectivity index (χ1) is 21.5. The quantitative estimate of drug-likeness (QED) is 0.207. The number of aliphatic imine (C=N–C) groups is 1. The van der Waals surface area contributed by atoms with Gasteiger partial charge in [-0.25, -0.2) is 14.5 Å². The third-order valence-electron chi connectivity index (χ3n) is 7.21. The number of aliphatic hydroxyl groups excluding tert-OH is 1. The molecule has 2 heterocycles. The molecule has 45 heavy (non-hydrogen) atoms. The Morgan fingerprint density at radius 1 is 1.16 bits per heavy atom. The minimum atomic E-state index is -4.76. The number of aryl methyl sites for hydroxylation is 2. The molecule has 1 saturated heterocycles. The number of nitrogens with zero attached hydrogens (tertiary/aromatic N) is 5. The Bertz CT molecular complexity index is 1660. The van der Waals surface area contributed by atoms with Crippen LogP contribution in [0.2, 0.25) is 0 Å². The normalized spacial score (nSPS) is 16.6. The number of halogens is 3. The molecule has 2 N–H and O–H groups in total. The second kappa shape index (κ2) is 13.7. The topological polar surface area (TPSA) is 105 Å². The summed E-state index contributed by atoms with van der Waals surface area (Å²) in [6.07, 6.45) is -2.23. The Hall–Kier alpha value is -4.36. The average Bonchev–Trinajstić information content (AvgIpc) is 3.64. The molecule has 2 atom stereocenters. The first kappa shape index (κ1) is 32.0. The molecular weight excluding hydrogens is 605 g/mol. The number of benzene rings is 3. The number of amidine groups is 1. The maximum atomic E-state index is 12.8. The number of carbonyl (C=O) groups is 1. The summed E-state index contributed by atoms with van der Waals surface area (Å²) >= 11 is 1.35. The Kier molecular flexibility index (Phi) is 9.78. The van der Waals surface area contributed by atoms with Crippen molar-refractivity contribution < 1.29 is 27.8 Å². The first-order valence-electron chi connectivity index (χ1n) is 14.4. The molecule has 2 amide bonds. The van der Waals surface area contributed by atoms with E-state index in [0.717, 1.165) is 40.8 Å². The number of urea groups is 1. The summed E-state index contributed by atoms with van der Waals surface area (Å²) in [5.74, 6) is 0.536. The van der Waals surface area contributed by atoms with Crippen LogP contribution in [-0.4, -0.2) is 56.0 Å². The number of aromatic nitrogens is 3. The van der Waals surface area contributed by atoms with Gasteiger partial charge in [0.1, 0.15) is 18.3 Å². The zero-order chi connectivity index (χ0) is 32.1. The van der Waals surface area contributed by atoms with Gasteiger partial charge in [-0.15, -0.1) is 18.3 Å². The Morgan fingerprint density at radius 3 is 2.58 bits per heavy atom. The molecule has 0 bridgehead atoms. The number of carbonyl (C=O) groups excluding carboxylic acids is 1. The number of hydrogen-bond donors (Lipinski definition) is 2. The van der Waals surface area contributed by atoms with Crippen LogP contribution in [0.25, 0.3) is 17.1 Å². The summed E-state index contributed by atoms with van der Waals surface area (Å²) in [7, 11) is 0. The maximum Gasteiger partial charge on any atom is 0.573 e. The van der Waals surface area contributed by atoms with Crippen LogP contribution in [0.15, 0.2) is 78.0 Å². The summed E-state index contributed by atoms with van der Waals surface area (Å²) in [6, 6.07) is 18.6. The minimum absolute atomic E-state index is 0.0167. The summed E-state index contributed by atoms with van der Waals surface area (Å²) in [5, 5.41) is 18.5. The smallest absolute Gasteiger partial charge is 0.406 e. The second-order valence-electron chi connectivity index (χ2n) is 10.7. The van der Waals surface area contributed by atoms with Crippen LogP contribution in [-0.2, 0) is 6.42 Å². The lowest BCUT2D eigenvalue weighted by atomic mass is 10.00. The Labute approximate surface area is 263 Å². The zero-order valence-electron chi connectivity index (χ0n) is 25.0. The van der Waals surface area contributed by atoms with Gasteiger partial charge in [-0.1, -0.05) is 68.4 Å². The van der Waals surface area contributed by atoms with E-state index in [0.29, 0.717) is 29.0 Å². The van der Waals surface area contributed by atoms with E-state index in [9.17, 15) is 23.1 Å². The van der Waals surface area contributed by atoms with Gasteiger partial charge in [-0.2, -0.15) is 4.99 Å². The summed E-state index contributed by atoms with van der Waals surface area (Å²) in [6.45, 7) is 6.45. The van der Waals surface area contributed by atoms with Crippen LogP contribution in [0.4, 0.5) is 23.7 Å². The lowest BCUT2D eigenvalue weighted by Gasteiger charge is -2.25. The molecule has 1 aliphatic heterocycles. The van der Waals surface area contributed by atoms with E-state index in [1.54, 1.807) is 4.90 Å². The van der Waals surface area contributed by atoms with Gasteiger partial charge >= 0.3 is 12.4 Å². The van der Waals surface area contributed by atoms with Gasteiger partial charge < -0.3 is 15.2 Å². The first-order valence-corrected chi connectivity index (χ1v) is 15.4. The van der Waals surface area contributed by atoms with Crippen LogP contribution in [0, 0.1) is 6.92 Å². The molecule has 3 aromatic carbocycles. The van der Waals surface area contributed by atoms with Gasteiger partial charge in [0.05, 0.1) is 5.69 Å². The van der Waals surface area contributed by atoms with Crippen LogP contribution in [0.3, 0.4) is 0 Å². The Balaban J connectivity index is 1.20. The highest BCUT2D eigenvalue weighted by Crippen LogP contribution is 2.33. The molecule has 236 valence electrons. The van der Waals surface area contributed by atoms with Crippen LogP contribution >= 0.6 is 11.8 Å². The lowest BCUT2D eigenvalue weighted by Crippen LogP contribution is -2.36. The highest BCUT2D eigenvalue weighted by atomic mass is 32.2. The van der Waals surface area contributed by atoms with Crippen molar-refractivity contribution in [1.29, 1.82) is 0 Å². The van der Waals surface area contributed by atoms with E-state index in [2.05, 4.69) is 38.1 Å². The molecule has 4 aromatic rings. The van der Waals surface area contributed by atoms with E-state index in [1.807, 2.05) is 50.2 Å². The molecule has 1 aromatic heterocycles. The Morgan fingerprint density at radius 2 is 1.89 bits per heavy atom. The molecule has 5 rings (SSSR count). The van der Waals surface area contributed by atoms with E-state index in [1.165, 1.54) is 47.0 Å². The number of alkyl halides is 3. The molecule has 2 unspecified atom stereocenters. The maximum absolute atomic E-state index is 12.8. The minimum Gasteiger partial charge on any atom is -0.406 e. The van der Waals surface area contributed by atoms with Crippen molar-refractivity contribution in [2.24, 2.45) is 4.99 Å². The van der Waals surface area contributed by atoms with E-state index in [4.69, 9.17) is 0 Å². The monoisotopic (exact) mass is 638 g/mol. The molecule has 0 spiro atoms. The fourth-order valence-corrected chi connectivity index (χ4v) is 5.87. The number of hydrogen-bond acceptors (Lipinski definition) is 6. The fourth-order valence-electron chi connectivity index (χ4n) is 4.91. The molecule has 1 fully saturated rings. The van der Waals surface area contributed by atoms with Crippen molar-refractivity contribution in [2.45, 2.75) is 52.1 Å². The van der Waals surface area contributed by atoms with Crippen molar-refractivity contribution >= 4 is 28.6 Å². The van der Waals surface area contributed by atoms with Crippen LogP contribution < -0.4 is 15.0 Å². The highest BCUT2D eigenvalue weighted by molar-refractivity contribution is 8.14. The van der Waals surface area contributed by atoms with Gasteiger partial charge in [0.25, 0.3) is 0 Å². The number of ether oxygens (including phenoxy) is 1. The zero-order valence-corrected chi connectivity index (χ0v) is 25.8. The van der Waals surface area contributed by atoms with Crippen molar-refractivity contribution in [3.8, 4) is 22.8 Å². The third-order valence-corrected chi connectivity index (χ3v) is 8.22. The van der Waals surface area contributed by atoms with Crippen molar-refractivity contribution in [1.82, 2.24) is 20.1 Å². The molecule has 0 saturated carbocycles. The SMILES string of the molecule is CCCc1ccc(C)cc1N1C(=NC(=O)NCC(C)c2ccc(-c3ncn(-c4ccc(OC(F)(F)F)cc4)n3)cc2)SCC1O. The predicted molar refractivity (Wildman–Crippen MR) is 169 cm³/mol. The van der Waals surface area contributed by atoms with Gasteiger partial charge in [-0.05, 0) is 66.3 Å². The van der Waals surface area contributed by atoms with Crippen LogP contribution in [0.1, 0.15) is 42.9 Å².